The van der Waals surface area contributed by atoms with Crippen LogP contribution in [0, 0.1) is 0 Å². The van der Waals surface area contributed by atoms with Crippen LogP contribution in [-0.4, -0.2) is 19.4 Å². The van der Waals surface area contributed by atoms with Crippen LogP contribution in [0.25, 0.3) is 10.8 Å². The van der Waals surface area contributed by atoms with Gasteiger partial charge >= 0.3 is 0 Å². The number of nitrogens with zero attached hydrogens (tertiary/aromatic N) is 1. The second-order valence-corrected chi connectivity index (χ2v) is 7.78. The van der Waals surface area contributed by atoms with Crippen molar-refractivity contribution in [2.75, 3.05) is 18.1 Å². The Kier molecular flexibility index (Phi) is 10.6. The molecule has 3 rings (SSSR count). The van der Waals surface area contributed by atoms with Crippen molar-refractivity contribution in [3.63, 3.8) is 0 Å². The van der Waals surface area contributed by atoms with E-state index < -0.39 is 0 Å². The van der Waals surface area contributed by atoms with Gasteiger partial charge < -0.3 is 14.4 Å². The average molecular weight is 521 g/mol. The summed E-state index contributed by atoms with van der Waals surface area (Å²) in [6, 6.07) is 12.9. The molecule has 3 nitrogen and oxygen atoms in total. The van der Waals surface area contributed by atoms with E-state index in [1.165, 1.54) is 55.0 Å². The van der Waals surface area contributed by atoms with Gasteiger partial charge in [-0.1, -0.05) is 75.4 Å². The van der Waals surface area contributed by atoms with E-state index in [0.717, 1.165) is 17.9 Å². The fourth-order valence-electron chi connectivity index (χ4n) is 3.84. The maximum absolute atomic E-state index is 6.45. The summed E-state index contributed by atoms with van der Waals surface area (Å²) in [4.78, 5) is 2.41. The van der Waals surface area contributed by atoms with Crippen LogP contribution >= 0.6 is 24.0 Å². The molecule has 0 N–H and O–H groups in total. The number of benzene rings is 2. The molecule has 30 heavy (non-hydrogen) atoms. The Labute approximate surface area is 199 Å². The number of allylic oxidation sites excluding steroid dienone is 2. The highest BCUT2D eigenvalue weighted by Crippen LogP contribution is 2.43. The first-order valence-corrected chi connectivity index (χ1v) is 11.2. The number of ether oxygens (including phenoxy) is 2. The molecule has 1 heterocycles. The number of fused-ring (bicyclic) bond motifs is 3. The van der Waals surface area contributed by atoms with Gasteiger partial charge in [0.15, 0.2) is 12.0 Å². The standard InChI is InChI=1S/C26H35NO2.HI/c1-4-6-7-8-9-12-19-27-24-17-16-22-13-10-11-14-23(22)26(24)29-25(27)18-15-21(3)20-28-5-2;/h10-11,13-18,20,25H,4-9,12,19H2,1-3H3;1H. The quantitative estimate of drug-likeness (QED) is 0.130. The topological polar surface area (TPSA) is 21.7 Å². The summed E-state index contributed by atoms with van der Waals surface area (Å²) < 4.78 is 11.9. The van der Waals surface area contributed by atoms with Gasteiger partial charge in [0.25, 0.3) is 0 Å². The zero-order valence-corrected chi connectivity index (χ0v) is 20.9. The second-order valence-electron chi connectivity index (χ2n) is 7.78. The van der Waals surface area contributed by atoms with Crippen LogP contribution in [0.2, 0.25) is 0 Å². The van der Waals surface area contributed by atoms with Crippen molar-refractivity contribution >= 4 is 40.4 Å². The third-order valence-corrected chi connectivity index (χ3v) is 5.43. The summed E-state index contributed by atoms with van der Waals surface area (Å²) in [6.45, 7) is 8.02. The van der Waals surface area contributed by atoms with Gasteiger partial charge in [0.05, 0.1) is 18.6 Å². The second kappa shape index (κ2) is 12.9. The largest absolute Gasteiger partial charge is 0.501 e. The van der Waals surface area contributed by atoms with Crippen LogP contribution in [0.15, 0.2) is 60.4 Å². The Hall–Kier alpha value is -1.69. The van der Waals surface area contributed by atoms with Crippen molar-refractivity contribution in [2.45, 2.75) is 65.5 Å². The smallest absolute Gasteiger partial charge is 0.192 e. The van der Waals surface area contributed by atoms with Crippen LogP contribution in [-0.2, 0) is 4.74 Å². The highest BCUT2D eigenvalue weighted by molar-refractivity contribution is 14.0. The number of anilines is 1. The Bertz CT molecular complexity index is 846. The van der Waals surface area contributed by atoms with Gasteiger partial charge in [-0.15, -0.1) is 24.0 Å². The molecule has 0 amide bonds. The zero-order valence-electron chi connectivity index (χ0n) is 18.6. The van der Waals surface area contributed by atoms with E-state index in [0.29, 0.717) is 6.61 Å². The van der Waals surface area contributed by atoms with Crippen molar-refractivity contribution in [1.29, 1.82) is 0 Å². The van der Waals surface area contributed by atoms with Crippen molar-refractivity contribution in [2.24, 2.45) is 0 Å². The normalized spacial score (nSPS) is 15.9. The molecule has 0 radical (unpaired) electrons. The molecule has 1 unspecified atom stereocenters. The molecule has 164 valence electrons. The minimum atomic E-state index is -0.0728. The Morgan fingerprint density at radius 1 is 1.03 bits per heavy atom. The van der Waals surface area contributed by atoms with E-state index >= 15 is 0 Å². The predicted molar refractivity (Wildman–Crippen MR) is 139 cm³/mol. The van der Waals surface area contributed by atoms with Gasteiger partial charge in [-0.05, 0) is 43.4 Å². The van der Waals surface area contributed by atoms with E-state index in [9.17, 15) is 0 Å². The number of hydrogen-bond acceptors (Lipinski definition) is 3. The number of halogens is 1. The molecule has 0 fully saturated rings. The molecular formula is C26H36INO2. The monoisotopic (exact) mass is 521 g/mol. The van der Waals surface area contributed by atoms with E-state index in [1.807, 2.05) is 13.2 Å². The lowest BCUT2D eigenvalue weighted by molar-refractivity contribution is 0.266. The van der Waals surface area contributed by atoms with Gasteiger partial charge in [-0.3, -0.25) is 0 Å². The van der Waals surface area contributed by atoms with E-state index in [2.05, 4.69) is 67.3 Å². The summed E-state index contributed by atoms with van der Waals surface area (Å²) in [5.74, 6) is 1.01. The number of unbranched alkanes of at least 4 members (excludes halogenated alkanes) is 5. The lowest BCUT2D eigenvalue weighted by Gasteiger charge is -2.23. The molecular weight excluding hydrogens is 485 g/mol. The minimum Gasteiger partial charge on any atom is -0.501 e. The first kappa shape index (κ1) is 24.6. The Morgan fingerprint density at radius 2 is 1.80 bits per heavy atom. The third-order valence-electron chi connectivity index (χ3n) is 5.43. The first-order valence-electron chi connectivity index (χ1n) is 11.2. The van der Waals surface area contributed by atoms with Crippen molar-refractivity contribution in [3.05, 3.63) is 60.4 Å². The van der Waals surface area contributed by atoms with Crippen LogP contribution < -0.4 is 9.64 Å². The van der Waals surface area contributed by atoms with E-state index in [1.54, 1.807) is 0 Å². The molecule has 2 aromatic carbocycles. The lowest BCUT2D eigenvalue weighted by atomic mass is 10.1. The third kappa shape index (κ3) is 6.40. The van der Waals surface area contributed by atoms with Crippen molar-refractivity contribution in [3.8, 4) is 5.75 Å². The van der Waals surface area contributed by atoms with Gasteiger partial charge in [0.2, 0.25) is 0 Å². The van der Waals surface area contributed by atoms with Crippen LogP contribution in [0.4, 0.5) is 5.69 Å². The fraction of sp³-hybridized carbons (Fsp3) is 0.462. The first-order chi connectivity index (χ1) is 14.2. The van der Waals surface area contributed by atoms with Gasteiger partial charge in [-0.25, -0.2) is 0 Å². The SMILES string of the molecule is CCCCCCCCN1c2ccc3ccccc3c2OC1C=CC(C)=COCC.I. The minimum absolute atomic E-state index is 0. The fourth-order valence-corrected chi connectivity index (χ4v) is 3.84. The van der Waals surface area contributed by atoms with Gasteiger partial charge in [0.1, 0.15) is 0 Å². The van der Waals surface area contributed by atoms with Crippen molar-refractivity contribution < 1.29 is 9.47 Å². The molecule has 1 aliphatic heterocycles. The number of rotatable bonds is 11. The summed E-state index contributed by atoms with van der Waals surface area (Å²) in [6.07, 6.45) is 13.8. The zero-order chi connectivity index (χ0) is 20.5. The molecule has 1 atom stereocenters. The summed E-state index contributed by atoms with van der Waals surface area (Å²) >= 11 is 0. The maximum Gasteiger partial charge on any atom is 0.192 e. The molecule has 2 aromatic rings. The molecule has 0 aliphatic carbocycles. The highest BCUT2D eigenvalue weighted by Gasteiger charge is 2.30. The average Bonchev–Trinajstić information content (AvgIpc) is 3.11. The Morgan fingerprint density at radius 3 is 2.60 bits per heavy atom. The molecule has 0 bridgehead atoms. The van der Waals surface area contributed by atoms with Crippen molar-refractivity contribution in [1.82, 2.24) is 0 Å². The predicted octanol–water partition coefficient (Wildman–Crippen LogP) is 7.84. The van der Waals surface area contributed by atoms with E-state index in [-0.39, 0.29) is 30.2 Å². The maximum atomic E-state index is 6.45. The van der Waals surface area contributed by atoms with Crippen LogP contribution in [0.5, 0.6) is 5.75 Å². The highest BCUT2D eigenvalue weighted by atomic mass is 127. The lowest BCUT2D eigenvalue weighted by Crippen LogP contribution is -2.33. The van der Waals surface area contributed by atoms with Crippen LogP contribution in [0.1, 0.15) is 59.3 Å². The molecule has 1 aliphatic rings. The molecule has 0 saturated carbocycles. The van der Waals surface area contributed by atoms with E-state index in [4.69, 9.17) is 9.47 Å². The Balaban J connectivity index is 0.00000320. The molecule has 0 aromatic heterocycles. The molecule has 0 spiro atoms. The summed E-state index contributed by atoms with van der Waals surface area (Å²) in [5, 5.41) is 2.42. The van der Waals surface area contributed by atoms with Crippen LogP contribution in [0.3, 0.4) is 0 Å². The number of hydrogen-bond donors (Lipinski definition) is 0. The van der Waals surface area contributed by atoms with Gasteiger partial charge in [-0.2, -0.15) is 0 Å². The molecule has 4 heteroatoms. The van der Waals surface area contributed by atoms with Gasteiger partial charge in [0, 0.05) is 11.9 Å². The molecule has 0 saturated heterocycles. The summed E-state index contributed by atoms with van der Waals surface area (Å²) in [5.41, 5.74) is 2.30. The summed E-state index contributed by atoms with van der Waals surface area (Å²) in [7, 11) is 0.